The van der Waals surface area contributed by atoms with Crippen molar-refractivity contribution in [3.8, 4) is 0 Å². The molecule has 1 aliphatic heterocycles. The Morgan fingerprint density at radius 3 is 2.68 bits per heavy atom. The number of hydrogen-bond donors (Lipinski definition) is 2. The third-order valence-electron chi connectivity index (χ3n) is 4.47. The second-order valence-corrected chi connectivity index (χ2v) is 6.29. The molecular weight excluding hydrogens is 314 g/mol. The van der Waals surface area contributed by atoms with Crippen LogP contribution in [0.3, 0.4) is 0 Å². The van der Waals surface area contributed by atoms with Gasteiger partial charge in [0.15, 0.2) is 0 Å². The molecule has 0 saturated carbocycles. The monoisotopic (exact) mass is 337 g/mol. The second kappa shape index (κ2) is 7.83. The number of nitrogens with zero attached hydrogens (tertiary/aromatic N) is 1. The highest BCUT2D eigenvalue weighted by Crippen LogP contribution is 2.16. The minimum absolute atomic E-state index is 0.120. The molecule has 5 heteroatoms. The minimum Gasteiger partial charge on any atom is -0.375 e. The van der Waals surface area contributed by atoms with Crippen molar-refractivity contribution in [2.45, 2.75) is 18.9 Å². The molecule has 2 N–H and O–H groups in total. The summed E-state index contributed by atoms with van der Waals surface area (Å²) in [5, 5.41) is 5.72. The fraction of sp³-hybridized carbons (Fsp3) is 0.300. The van der Waals surface area contributed by atoms with E-state index in [1.54, 1.807) is 6.07 Å². The smallest absolute Gasteiger partial charge is 0.252 e. The van der Waals surface area contributed by atoms with Crippen LogP contribution in [0.15, 0.2) is 54.6 Å². The number of carbonyl (C=O) groups excluding carboxylic acids is 2. The summed E-state index contributed by atoms with van der Waals surface area (Å²) in [5.74, 6) is -0.295. The van der Waals surface area contributed by atoms with Crippen LogP contribution in [0.2, 0.25) is 0 Å². The molecule has 0 saturated heterocycles. The highest BCUT2D eigenvalue weighted by atomic mass is 16.2. The summed E-state index contributed by atoms with van der Waals surface area (Å²) in [7, 11) is 2.04. The van der Waals surface area contributed by atoms with Gasteiger partial charge in [-0.3, -0.25) is 9.59 Å². The topological polar surface area (TPSA) is 61.4 Å². The molecule has 1 aliphatic rings. The zero-order valence-electron chi connectivity index (χ0n) is 14.4. The lowest BCUT2D eigenvalue weighted by Crippen LogP contribution is -2.51. The zero-order valence-corrected chi connectivity index (χ0v) is 14.4. The van der Waals surface area contributed by atoms with E-state index in [-0.39, 0.29) is 11.8 Å². The Kier molecular flexibility index (Phi) is 5.33. The van der Waals surface area contributed by atoms with Crippen molar-refractivity contribution in [1.29, 1.82) is 0 Å². The summed E-state index contributed by atoms with van der Waals surface area (Å²) in [6.45, 7) is 1.44. The van der Waals surface area contributed by atoms with Crippen LogP contribution in [0.1, 0.15) is 22.3 Å². The van der Waals surface area contributed by atoms with Crippen LogP contribution in [0.25, 0.3) is 0 Å². The summed E-state index contributed by atoms with van der Waals surface area (Å²) in [6, 6.07) is 17.1. The maximum atomic E-state index is 12.3. The lowest BCUT2D eigenvalue weighted by Gasteiger charge is -2.25. The Bertz CT molecular complexity index is 746. The van der Waals surface area contributed by atoms with Gasteiger partial charge in [-0.1, -0.05) is 36.4 Å². The molecule has 130 valence electrons. The molecule has 0 spiro atoms. The Hall–Kier alpha value is -2.82. The summed E-state index contributed by atoms with van der Waals surface area (Å²) in [4.78, 5) is 26.6. The molecule has 0 unspecified atom stereocenters. The van der Waals surface area contributed by atoms with Crippen LogP contribution < -0.4 is 15.5 Å². The van der Waals surface area contributed by atoms with Crippen LogP contribution in [-0.4, -0.2) is 38.0 Å². The molecule has 2 aromatic carbocycles. The first-order chi connectivity index (χ1) is 12.1. The Morgan fingerprint density at radius 2 is 1.88 bits per heavy atom. The van der Waals surface area contributed by atoms with Gasteiger partial charge in [0, 0.05) is 37.8 Å². The van der Waals surface area contributed by atoms with Gasteiger partial charge >= 0.3 is 0 Å². The van der Waals surface area contributed by atoms with E-state index in [0.717, 1.165) is 24.2 Å². The van der Waals surface area contributed by atoms with Crippen molar-refractivity contribution < 1.29 is 9.59 Å². The van der Waals surface area contributed by atoms with Gasteiger partial charge in [0.25, 0.3) is 5.91 Å². The van der Waals surface area contributed by atoms with Crippen molar-refractivity contribution in [2.24, 2.45) is 0 Å². The summed E-state index contributed by atoms with van der Waals surface area (Å²) >= 11 is 0. The molecule has 0 aromatic heterocycles. The number of carbonyl (C=O) groups is 2. The van der Waals surface area contributed by atoms with E-state index < -0.39 is 6.04 Å². The largest absolute Gasteiger partial charge is 0.375 e. The normalized spacial score (nSPS) is 15.9. The molecule has 1 atom stereocenters. The van der Waals surface area contributed by atoms with Crippen LogP contribution >= 0.6 is 0 Å². The number of rotatable bonds is 6. The first-order valence-corrected chi connectivity index (χ1v) is 8.58. The van der Waals surface area contributed by atoms with E-state index in [1.165, 1.54) is 0 Å². The average Bonchev–Trinajstić information content (AvgIpc) is 2.65. The second-order valence-electron chi connectivity index (χ2n) is 6.29. The lowest BCUT2D eigenvalue weighted by molar-refractivity contribution is -0.123. The zero-order chi connectivity index (χ0) is 17.6. The van der Waals surface area contributed by atoms with E-state index >= 15 is 0 Å². The van der Waals surface area contributed by atoms with Gasteiger partial charge in [-0.25, -0.2) is 0 Å². The minimum atomic E-state index is -0.491. The fourth-order valence-corrected chi connectivity index (χ4v) is 3.05. The number of benzene rings is 2. The average molecular weight is 337 g/mol. The van der Waals surface area contributed by atoms with Crippen LogP contribution in [0, 0.1) is 0 Å². The van der Waals surface area contributed by atoms with Gasteiger partial charge in [-0.2, -0.15) is 0 Å². The predicted octanol–water partition coefficient (Wildman–Crippen LogP) is 1.98. The van der Waals surface area contributed by atoms with E-state index in [9.17, 15) is 9.59 Å². The predicted molar refractivity (Wildman–Crippen MR) is 98.7 cm³/mol. The quantitative estimate of drug-likeness (QED) is 0.793. The maximum absolute atomic E-state index is 12.3. The van der Waals surface area contributed by atoms with E-state index in [0.29, 0.717) is 18.5 Å². The Balaban J connectivity index is 1.45. The van der Waals surface area contributed by atoms with Crippen molar-refractivity contribution in [2.75, 3.05) is 25.0 Å². The number of nitrogens with one attached hydrogen (secondary N) is 2. The number of para-hydroxylation sites is 1. The molecule has 3 rings (SSSR count). The summed E-state index contributed by atoms with van der Waals surface area (Å²) < 4.78 is 0. The molecule has 0 fully saturated rings. The highest BCUT2D eigenvalue weighted by Gasteiger charge is 2.28. The van der Waals surface area contributed by atoms with Gasteiger partial charge in [0.1, 0.15) is 6.04 Å². The maximum Gasteiger partial charge on any atom is 0.252 e. The van der Waals surface area contributed by atoms with Crippen LogP contribution in [-0.2, 0) is 11.2 Å². The molecule has 2 aromatic rings. The number of hydrogen-bond acceptors (Lipinski definition) is 3. The third kappa shape index (κ3) is 4.18. The molecule has 1 heterocycles. The molecule has 25 heavy (non-hydrogen) atoms. The Labute approximate surface area is 148 Å². The van der Waals surface area contributed by atoms with Crippen LogP contribution in [0.4, 0.5) is 5.69 Å². The third-order valence-corrected chi connectivity index (χ3v) is 4.47. The first kappa shape index (κ1) is 17.0. The van der Waals surface area contributed by atoms with E-state index in [2.05, 4.69) is 27.7 Å². The molecule has 2 amide bonds. The standard InChI is InChI=1S/C20H23N3O2/c1-23(16-9-3-2-4-10-16)13-7-12-21-20(25)18-14-15-8-5-6-11-17(15)19(24)22-18/h2-6,8-11,18H,7,12-14H2,1H3,(H,21,25)(H,22,24)/t18-/m0/s1. The molecule has 0 bridgehead atoms. The fourth-order valence-electron chi connectivity index (χ4n) is 3.05. The molecule has 5 nitrogen and oxygen atoms in total. The lowest BCUT2D eigenvalue weighted by atomic mass is 9.95. The van der Waals surface area contributed by atoms with Gasteiger partial charge in [0.05, 0.1) is 0 Å². The number of amides is 2. The SMILES string of the molecule is CN(CCCNC(=O)[C@@H]1Cc2ccccc2C(=O)N1)c1ccccc1. The van der Waals surface area contributed by atoms with E-state index in [1.807, 2.05) is 43.4 Å². The molecule has 0 radical (unpaired) electrons. The summed E-state index contributed by atoms with van der Waals surface area (Å²) in [6.07, 6.45) is 1.38. The van der Waals surface area contributed by atoms with Crippen LogP contribution in [0.5, 0.6) is 0 Å². The highest BCUT2D eigenvalue weighted by molar-refractivity contribution is 6.00. The van der Waals surface area contributed by atoms with Gasteiger partial charge < -0.3 is 15.5 Å². The first-order valence-electron chi connectivity index (χ1n) is 8.58. The van der Waals surface area contributed by atoms with Crippen molar-refractivity contribution >= 4 is 17.5 Å². The molecule has 0 aliphatic carbocycles. The number of anilines is 1. The van der Waals surface area contributed by atoms with Gasteiger partial charge in [-0.05, 0) is 30.2 Å². The Morgan fingerprint density at radius 1 is 1.16 bits per heavy atom. The van der Waals surface area contributed by atoms with Gasteiger partial charge in [0.2, 0.25) is 5.91 Å². The van der Waals surface area contributed by atoms with Gasteiger partial charge in [-0.15, -0.1) is 0 Å². The van der Waals surface area contributed by atoms with E-state index in [4.69, 9.17) is 0 Å². The molecular formula is C20H23N3O2. The van der Waals surface area contributed by atoms with Crippen molar-refractivity contribution in [3.63, 3.8) is 0 Å². The van der Waals surface area contributed by atoms with Crippen molar-refractivity contribution in [3.05, 3.63) is 65.7 Å². The van der Waals surface area contributed by atoms with Crippen molar-refractivity contribution in [1.82, 2.24) is 10.6 Å². The number of fused-ring (bicyclic) bond motifs is 1. The summed E-state index contributed by atoms with van der Waals surface area (Å²) in [5.41, 5.74) is 2.75.